The molecule has 2 rings (SSSR count). The zero-order valence-corrected chi connectivity index (χ0v) is 6.65. The number of hydrogen-bond donors (Lipinski definition) is 0. The predicted molar refractivity (Wildman–Crippen MR) is 41.9 cm³/mol. The first-order valence-corrected chi connectivity index (χ1v) is 3.55. The van der Waals surface area contributed by atoms with E-state index < -0.39 is 0 Å². The third-order valence-corrected chi connectivity index (χ3v) is 1.91. The molecule has 56 valence electrons. The van der Waals surface area contributed by atoms with Gasteiger partial charge in [-0.15, -0.1) is 0 Å². The molecule has 0 saturated carbocycles. The molecule has 3 heteroatoms. The molecule has 0 atom stereocenters. The van der Waals surface area contributed by atoms with Crippen molar-refractivity contribution in [2.45, 2.75) is 0 Å². The molecule has 0 aromatic carbocycles. The number of fused-ring (bicyclic) bond motifs is 1. The van der Waals surface area contributed by atoms with Crippen LogP contribution in [0.3, 0.4) is 0 Å². The lowest BCUT2D eigenvalue weighted by atomic mass is 10.4. The Bertz CT molecular complexity index is 389. The minimum atomic E-state index is 1.16. The van der Waals surface area contributed by atoms with Crippen LogP contribution in [0.2, 0.25) is 0 Å². The van der Waals surface area contributed by atoms with Gasteiger partial charge < -0.3 is 0 Å². The van der Waals surface area contributed by atoms with Gasteiger partial charge in [-0.25, -0.2) is 0 Å². The Kier molecular flexibility index (Phi) is 1.18. The number of hydrogen-bond acceptors (Lipinski definition) is 1. The molecule has 0 bridgehead atoms. The van der Waals surface area contributed by atoms with E-state index in [0.717, 1.165) is 11.0 Å². The summed E-state index contributed by atoms with van der Waals surface area (Å²) in [4.78, 5) is 0. The molecule has 2 aromatic rings. The highest BCUT2D eigenvalue weighted by molar-refractivity contribution is 5.69. The van der Waals surface area contributed by atoms with Crippen molar-refractivity contribution < 1.29 is 4.57 Å². The number of aryl methyl sites for hydroxylation is 2. The van der Waals surface area contributed by atoms with E-state index in [9.17, 15) is 0 Å². The fourth-order valence-electron chi connectivity index (χ4n) is 1.24. The molecule has 11 heavy (non-hydrogen) atoms. The molecule has 0 saturated heterocycles. The summed E-state index contributed by atoms with van der Waals surface area (Å²) in [7, 11) is 3.96. The second kappa shape index (κ2) is 2.05. The molecule has 0 N–H and O–H groups in total. The molecule has 0 aliphatic carbocycles. The molecule has 0 unspecified atom stereocenters. The fraction of sp³-hybridized carbons (Fsp3) is 0.250. The quantitative estimate of drug-likeness (QED) is 0.495. The summed E-state index contributed by atoms with van der Waals surface area (Å²) < 4.78 is 3.93. The Morgan fingerprint density at radius 2 is 2.36 bits per heavy atom. The zero-order chi connectivity index (χ0) is 7.84. The Labute approximate surface area is 64.9 Å². The second-order valence-corrected chi connectivity index (χ2v) is 2.66. The van der Waals surface area contributed by atoms with Gasteiger partial charge in [0.25, 0.3) is 5.52 Å². The molecule has 0 fully saturated rings. The zero-order valence-electron chi connectivity index (χ0n) is 6.65. The highest BCUT2D eigenvalue weighted by Gasteiger charge is 2.06. The first kappa shape index (κ1) is 6.34. The van der Waals surface area contributed by atoms with Gasteiger partial charge in [0.2, 0.25) is 0 Å². The minimum Gasteiger partial charge on any atom is -0.262 e. The van der Waals surface area contributed by atoms with E-state index in [1.54, 1.807) is 0 Å². The van der Waals surface area contributed by atoms with E-state index in [1.165, 1.54) is 0 Å². The fourth-order valence-corrected chi connectivity index (χ4v) is 1.24. The van der Waals surface area contributed by atoms with Gasteiger partial charge in [-0.05, 0) is 6.07 Å². The lowest BCUT2D eigenvalue weighted by Gasteiger charge is -1.90. The van der Waals surface area contributed by atoms with Gasteiger partial charge in [0.15, 0.2) is 6.20 Å². The van der Waals surface area contributed by atoms with E-state index in [0.29, 0.717) is 0 Å². The van der Waals surface area contributed by atoms with Crippen molar-refractivity contribution in [3.63, 3.8) is 0 Å². The third-order valence-electron chi connectivity index (χ3n) is 1.91. The summed E-state index contributed by atoms with van der Waals surface area (Å²) >= 11 is 0. The molecule has 2 aromatic heterocycles. The van der Waals surface area contributed by atoms with Crippen LogP contribution in [0.5, 0.6) is 0 Å². The number of rotatable bonds is 0. The average molecular weight is 148 g/mol. The van der Waals surface area contributed by atoms with Gasteiger partial charge >= 0.3 is 0 Å². The van der Waals surface area contributed by atoms with Crippen LogP contribution in [0, 0.1) is 0 Å². The third kappa shape index (κ3) is 0.808. The van der Waals surface area contributed by atoms with Crippen LogP contribution >= 0.6 is 0 Å². The largest absolute Gasteiger partial charge is 0.262 e. The summed E-state index contributed by atoms with van der Waals surface area (Å²) in [6, 6.07) is 4.08. The average Bonchev–Trinajstić information content (AvgIpc) is 2.35. The molecule has 0 radical (unpaired) electrons. The second-order valence-electron chi connectivity index (χ2n) is 2.66. The summed E-state index contributed by atoms with van der Waals surface area (Å²) in [5, 5.41) is 4.15. The van der Waals surface area contributed by atoms with Crippen molar-refractivity contribution in [2.75, 3.05) is 0 Å². The molecule has 3 nitrogen and oxygen atoms in total. The van der Waals surface area contributed by atoms with E-state index in [1.807, 2.05) is 37.2 Å². The highest BCUT2D eigenvalue weighted by Crippen LogP contribution is 2.04. The smallest absolute Gasteiger partial charge is 0.250 e. The molecule has 0 aliphatic rings. The van der Waals surface area contributed by atoms with Crippen LogP contribution in [0.4, 0.5) is 0 Å². The Hall–Kier alpha value is -1.38. The topological polar surface area (TPSA) is 21.7 Å². The van der Waals surface area contributed by atoms with Crippen LogP contribution in [-0.2, 0) is 14.1 Å². The van der Waals surface area contributed by atoms with Crippen molar-refractivity contribution >= 4 is 11.0 Å². The van der Waals surface area contributed by atoms with Crippen molar-refractivity contribution in [3.05, 3.63) is 24.5 Å². The van der Waals surface area contributed by atoms with Crippen LogP contribution in [-0.4, -0.2) is 9.78 Å². The van der Waals surface area contributed by atoms with E-state index in [2.05, 4.69) is 15.7 Å². The van der Waals surface area contributed by atoms with Gasteiger partial charge in [-0.2, -0.15) is 9.67 Å². The minimum absolute atomic E-state index is 1.16. The van der Waals surface area contributed by atoms with Gasteiger partial charge in [0.05, 0.1) is 0 Å². The SMILES string of the molecule is Cn1ncc2c1ccc[n+]2C. The Morgan fingerprint density at radius 1 is 1.55 bits per heavy atom. The molecule has 0 amide bonds. The van der Waals surface area contributed by atoms with Crippen molar-refractivity contribution in [2.24, 2.45) is 14.1 Å². The van der Waals surface area contributed by atoms with Crippen LogP contribution < -0.4 is 4.57 Å². The first-order valence-electron chi connectivity index (χ1n) is 3.55. The molecular weight excluding hydrogens is 138 g/mol. The van der Waals surface area contributed by atoms with E-state index in [4.69, 9.17) is 0 Å². The molecule has 0 spiro atoms. The van der Waals surface area contributed by atoms with E-state index >= 15 is 0 Å². The van der Waals surface area contributed by atoms with Crippen LogP contribution in [0.25, 0.3) is 11.0 Å². The maximum Gasteiger partial charge on any atom is 0.250 e. The monoisotopic (exact) mass is 148 g/mol. The summed E-state index contributed by atoms with van der Waals surface area (Å²) in [5.74, 6) is 0. The van der Waals surface area contributed by atoms with Crippen LogP contribution in [0.15, 0.2) is 24.5 Å². The lowest BCUT2D eigenvalue weighted by molar-refractivity contribution is -0.644. The Morgan fingerprint density at radius 3 is 3.09 bits per heavy atom. The van der Waals surface area contributed by atoms with Gasteiger partial charge in [0.1, 0.15) is 18.8 Å². The first-order chi connectivity index (χ1) is 5.29. The van der Waals surface area contributed by atoms with Gasteiger partial charge in [-0.3, -0.25) is 4.68 Å². The molecule has 0 aliphatic heterocycles. The molecular formula is C8H10N3+. The molecule has 2 heterocycles. The normalized spacial score (nSPS) is 10.7. The standard InChI is InChI=1S/C8H10N3/c1-10-5-3-4-7-8(10)6-9-11(7)2/h3-6H,1-2H3/q+1. The maximum absolute atomic E-state index is 4.15. The summed E-state index contributed by atoms with van der Waals surface area (Å²) in [6.07, 6.45) is 3.89. The van der Waals surface area contributed by atoms with Gasteiger partial charge in [0, 0.05) is 13.1 Å². The highest BCUT2D eigenvalue weighted by atomic mass is 15.3. The summed E-state index contributed by atoms with van der Waals surface area (Å²) in [5.41, 5.74) is 2.32. The van der Waals surface area contributed by atoms with E-state index in [-0.39, 0.29) is 0 Å². The number of aromatic nitrogens is 3. The number of nitrogens with zero attached hydrogens (tertiary/aromatic N) is 3. The maximum atomic E-state index is 4.15. The van der Waals surface area contributed by atoms with Crippen molar-refractivity contribution in [1.29, 1.82) is 0 Å². The number of pyridine rings is 1. The van der Waals surface area contributed by atoms with Crippen molar-refractivity contribution in [1.82, 2.24) is 9.78 Å². The van der Waals surface area contributed by atoms with Gasteiger partial charge in [-0.1, -0.05) is 0 Å². The Balaban J connectivity index is 2.94. The van der Waals surface area contributed by atoms with Crippen LogP contribution in [0.1, 0.15) is 0 Å². The predicted octanol–water partition coefficient (Wildman–Crippen LogP) is 0.398. The lowest BCUT2D eigenvalue weighted by Crippen LogP contribution is -2.27. The summed E-state index contributed by atoms with van der Waals surface area (Å²) in [6.45, 7) is 0. The van der Waals surface area contributed by atoms with Crippen molar-refractivity contribution in [3.8, 4) is 0 Å².